The molecule has 0 atom stereocenters. The van der Waals surface area contributed by atoms with Crippen LogP contribution in [0.5, 0.6) is 0 Å². The predicted molar refractivity (Wildman–Crippen MR) is 65.1 cm³/mol. The van der Waals surface area contributed by atoms with Crippen LogP contribution in [0.1, 0.15) is 18.4 Å². The molecule has 1 fully saturated rings. The molecule has 17 heavy (non-hydrogen) atoms. The second kappa shape index (κ2) is 4.59. The van der Waals surface area contributed by atoms with Gasteiger partial charge in [-0.2, -0.15) is 0 Å². The largest absolute Gasteiger partial charge is 0.310 e. The maximum Gasteiger partial charge on any atom is 0.159 e. The van der Waals surface area contributed by atoms with E-state index in [4.69, 9.17) is 0 Å². The molecule has 4 heteroatoms. The molecule has 2 aromatic rings. The molecule has 0 amide bonds. The van der Waals surface area contributed by atoms with Gasteiger partial charge in [0, 0.05) is 48.5 Å². The highest BCUT2D eigenvalue weighted by atomic mass is 15.0. The molecule has 1 aliphatic carbocycles. The molecule has 0 radical (unpaired) electrons. The van der Waals surface area contributed by atoms with Crippen molar-refractivity contribution in [2.75, 3.05) is 0 Å². The highest BCUT2D eigenvalue weighted by Crippen LogP contribution is 2.19. The summed E-state index contributed by atoms with van der Waals surface area (Å²) in [5.41, 5.74) is 2.14. The summed E-state index contributed by atoms with van der Waals surface area (Å²) in [6.07, 6.45) is 9.88. The Balaban J connectivity index is 1.70. The number of nitrogens with zero attached hydrogens (tertiary/aromatic N) is 3. The highest BCUT2D eigenvalue weighted by Gasteiger charge is 2.19. The van der Waals surface area contributed by atoms with Gasteiger partial charge in [-0.15, -0.1) is 0 Å². The second-order valence-electron chi connectivity index (χ2n) is 4.31. The van der Waals surface area contributed by atoms with Crippen molar-refractivity contribution in [3.8, 4) is 11.4 Å². The summed E-state index contributed by atoms with van der Waals surface area (Å²) >= 11 is 0. The van der Waals surface area contributed by atoms with E-state index in [-0.39, 0.29) is 0 Å². The average molecular weight is 226 g/mol. The van der Waals surface area contributed by atoms with Gasteiger partial charge in [-0.05, 0) is 25.0 Å². The third-order valence-corrected chi connectivity index (χ3v) is 2.82. The Labute approximate surface area is 100 Å². The molecule has 2 heterocycles. The molecule has 1 N–H and O–H groups in total. The summed E-state index contributed by atoms with van der Waals surface area (Å²) in [4.78, 5) is 12.7. The fourth-order valence-electron chi connectivity index (χ4n) is 1.65. The van der Waals surface area contributed by atoms with Crippen LogP contribution in [0.25, 0.3) is 11.4 Å². The molecular formula is C13H14N4. The van der Waals surface area contributed by atoms with Crippen LogP contribution in [0.15, 0.2) is 36.9 Å². The zero-order valence-corrected chi connectivity index (χ0v) is 9.50. The van der Waals surface area contributed by atoms with E-state index in [1.54, 1.807) is 12.4 Å². The SMILES string of the molecule is c1cc(-c2ncc(CNC3CC3)cn2)ccn1. The van der Waals surface area contributed by atoms with Gasteiger partial charge in [0.2, 0.25) is 0 Å². The first-order valence-corrected chi connectivity index (χ1v) is 5.86. The van der Waals surface area contributed by atoms with Crippen molar-refractivity contribution in [1.29, 1.82) is 0 Å². The fraction of sp³-hybridized carbons (Fsp3) is 0.308. The minimum absolute atomic E-state index is 0.717. The van der Waals surface area contributed by atoms with E-state index in [9.17, 15) is 0 Å². The lowest BCUT2D eigenvalue weighted by molar-refractivity contribution is 0.683. The van der Waals surface area contributed by atoms with E-state index < -0.39 is 0 Å². The average Bonchev–Trinajstić information content (AvgIpc) is 3.22. The maximum absolute atomic E-state index is 4.37. The Morgan fingerprint density at radius 2 is 1.82 bits per heavy atom. The molecule has 3 rings (SSSR count). The molecule has 86 valence electrons. The first kappa shape index (κ1) is 10.4. The van der Waals surface area contributed by atoms with Crippen LogP contribution in [0.2, 0.25) is 0 Å². The first-order valence-electron chi connectivity index (χ1n) is 5.86. The Morgan fingerprint density at radius 3 is 2.47 bits per heavy atom. The molecule has 4 nitrogen and oxygen atoms in total. The standard InChI is InChI=1S/C13H14N4/c1-2-12(1)15-7-10-8-16-13(17-9-10)11-3-5-14-6-4-11/h3-6,8-9,12,15H,1-2,7H2. The monoisotopic (exact) mass is 226 g/mol. The van der Waals surface area contributed by atoms with Gasteiger partial charge >= 0.3 is 0 Å². The van der Waals surface area contributed by atoms with Crippen LogP contribution in [-0.4, -0.2) is 21.0 Å². The van der Waals surface area contributed by atoms with E-state index >= 15 is 0 Å². The lowest BCUT2D eigenvalue weighted by Gasteiger charge is -2.03. The fourth-order valence-corrected chi connectivity index (χ4v) is 1.65. The topological polar surface area (TPSA) is 50.7 Å². The van der Waals surface area contributed by atoms with Crippen LogP contribution in [0.4, 0.5) is 0 Å². The van der Waals surface area contributed by atoms with Crippen LogP contribution in [0, 0.1) is 0 Å². The number of rotatable bonds is 4. The van der Waals surface area contributed by atoms with Gasteiger partial charge < -0.3 is 5.32 Å². The number of pyridine rings is 1. The summed E-state index contributed by atoms with van der Waals surface area (Å²) < 4.78 is 0. The molecule has 0 aliphatic heterocycles. The summed E-state index contributed by atoms with van der Waals surface area (Å²) in [5.74, 6) is 0.752. The Morgan fingerprint density at radius 1 is 1.12 bits per heavy atom. The number of hydrogen-bond acceptors (Lipinski definition) is 4. The van der Waals surface area contributed by atoms with Crippen molar-refractivity contribution in [3.05, 3.63) is 42.5 Å². The van der Waals surface area contributed by atoms with E-state index in [1.165, 1.54) is 12.8 Å². The zero-order chi connectivity index (χ0) is 11.5. The van der Waals surface area contributed by atoms with Crippen LogP contribution >= 0.6 is 0 Å². The first-order chi connectivity index (χ1) is 8.42. The molecule has 1 aliphatic rings. The van der Waals surface area contributed by atoms with Crippen LogP contribution in [0.3, 0.4) is 0 Å². The lowest BCUT2D eigenvalue weighted by Crippen LogP contribution is -2.15. The summed E-state index contributed by atoms with van der Waals surface area (Å²) in [6.45, 7) is 0.862. The zero-order valence-electron chi connectivity index (χ0n) is 9.50. The highest BCUT2D eigenvalue weighted by molar-refractivity contribution is 5.53. The molecule has 1 saturated carbocycles. The van der Waals surface area contributed by atoms with Crippen molar-refractivity contribution < 1.29 is 0 Å². The van der Waals surface area contributed by atoms with Crippen molar-refractivity contribution in [3.63, 3.8) is 0 Å². The Hall–Kier alpha value is -1.81. The van der Waals surface area contributed by atoms with Crippen molar-refractivity contribution in [2.45, 2.75) is 25.4 Å². The second-order valence-corrected chi connectivity index (χ2v) is 4.31. The summed E-state index contributed by atoms with van der Waals surface area (Å²) in [6, 6.07) is 4.55. The molecule has 0 unspecified atom stereocenters. The maximum atomic E-state index is 4.37. The minimum Gasteiger partial charge on any atom is -0.310 e. The van der Waals surface area contributed by atoms with E-state index in [1.807, 2.05) is 24.5 Å². The molecule has 0 spiro atoms. The van der Waals surface area contributed by atoms with Gasteiger partial charge in [0.1, 0.15) is 0 Å². The number of nitrogens with one attached hydrogen (secondary N) is 1. The van der Waals surface area contributed by atoms with E-state index in [0.29, 0.717) is 0 Å². The molecule has 0 saturated heterocycles. The molecule has 0 bridgehead atoms. The predicted octanol–water partition coefficient (Wildman–Crippen LogP) is 1.79. The van der Waals surface area contributed by atoms with Crippen LogP contribution in [-0.2, 0) is 6.54 Å². The van der Waals surface area contributed by atoms with Gasteiger partial charge in [-0.25, -0.2) is 9.97 Å². The normalized spacial score (nSPS) is 14.8. The smallest absolute Gasteiger partial charge is 0.159 e. The van der Waals surface area contributed by atoms with E-state index in [0.717, 1.165) is 29.5 Å². The summed E-state index contributed by atoms with van der Waals surface area (Å²) in [5, 5.41) is 3.44. The van der Waals surface area contributed by atoms with Crippen molar-refractivity contribution >= 4 is 0 Å². The van der Waals surface area contributed by atoms with Gasteiger partial charge in [0.15, 0.2) is 5.82 Å². The molecular weight excluding hydrogens is 212 g/mol. The number of hydrogen-bond donors (Lipinski definition) is 1. The Bertz CT molecular complexity index is 477. The van der Waals surface area contributed by atoms with E-state index in [2.05, 4.69) is 20.3 Å². The molecule has 2 aromatic heterocycles. The minimum atomic E-state index is 0.717. The summed E-state index contributed by atoms with van der Waals surface area (Å²) in [7, 11) is 0. The quantitative estimate of drug-likeness (QED) is 0.863. The van der Waals surface area contributed by atoms with Crippen molar-refractivity contribution in [1.82, 2.24) is 20.3 Å². The third-order valence-electron chi connectivity index (χ3n) is 2.82. The van der Waals surface area contributed by atoms with Gasteiger partial charge in [0.05, 0.1) is 0 Å². The van der Waals surface area contributed by atoms with Gasteiger partial charge in [-0.1, -0.05) is 0 Å². The van der Waals surface area contributed by atoms with Gasteiger partial charge in [-0.3, -0.25) is 4.98 Å². The van der Waals surface area contributed by atoms with Crippen molar-refractivity contribution in [2.24, 2.45) is 0 Å². The van der Waals surface area contributed by atoms with Crippen LogP contribution < -0.4 is 5.32 Å². The number of aromatic nitrogens is 3. The lowest BCUT2D eigenvalue weighted by atomic mass is 10.2. The third kappa shape index (κ3) is 2.65. The molecule has 0 aromatic carbocycles. The van der Waals surface area contributed by atoms with Gasteiger partial charge in [0.25, 0.3) is 0 Å². The Kier molecular flexibility index (Phi) is 2.80.